The van der Waals surface area contributed by atoms with Crippen molar-refractivity contribution in [3.8, 4) is 11.5 Å². The summed E-state index contributed by atoms with van der Waals surface area (Å²) in [5.74, 6) is -0.788. The Morgan fingerprint density at radius 3 is 2.45 bits per heavy atom. The highest BCUT2D eigenvalue weighted by Crippen LogP contribution is 2.45. The van der Waals surface area contributed by atoms with E-state index in [-0.39, 0.29) is 25.9 Å². The summed E-state index contributed by atoms with van der Waals surface area (Å²) in [7, 11) is 0. The van der Waals surface area contributed by atoms with Crippen molar-refractivity contribution in [3.05, 3.63) is 23.8 Å². The van der Waals surface area contributed by atoms with Crippen molar-refractivity contribution in [1.29, 1.82) is 0 Å². The van der Waals surface area contributed by atoms with E-state index in [4.69, 9.17) is 28.4 Å². The molecule has 0 saturated carbocycles. The van der Waals surface area contributed by atoms with Gasteiger partial charge in [0.2, 0.25) is 18.5 Å². The van der Waals surface area contributed by atoms with Crippen LogP contribution in [0.3, 0.4) is 0 Å². The highest BCUT2D eigenvalue weighted by Gasteiger charge is 2.64. The number of aliphatic hydroxyl groups is 1. The smallest absolute Gasteiger partial charge is 0.231 e. The molecule has 9 heteroatoms. The van der Waals surface area contributed by atoms with Gasteiger partial charge in [0, 0.05) is 19.6 Å². The third-order valence-electron chi connectivity index (χ3n) is 7.83. The van der Waals surface area contributed by atoms with Crippen LogP contribution in [0.1, 0.15) is 97.0 Å². The maximum atomic E-state index is 12.5. The van der Waals surface area contributed by atoms with Gasteiger partial charge in [-0.3, -0.25) is 4.79 Å². The molecule has 0 bridgehead atoms. The third kappa shape index (κ3) is 8.55. The van der Waals surface area contributed by atoms with Crippen LogP contribution >= 0.6 is 0 Å². The minimum atomic E-state index is -1.19. The second kappa shape index (κ2) is 14.8. The lowest BCUT2D eigenvalue weighted by atomic mass is 10.1. The van der Waals surface area contributed by atoms with Crippen molar-refractivity contribution in [3.63, 3.8) is 0 Å². The fourth-order valence-electron chi connectivity index (χ4n) is 5.71. The molecule has 1 aromatic rings. The molecule has 226 valence electrons. The molecule has 2 saturated heterocycles. The molecule has 0 unspecified atom stereocenters. The summed E-state index contributed by atoms with van der Waals surface area (Å²) in [6.45, 7) is 7.02. The molecule has 0 radical (unpaired) electrons. The van der Waals surface area contributed by atoms with E-state index < -0.39 is 29.9 Å². The first-order valence-electron chi connectivity index (χ1n) is 15.3. The number of unbranched alkanes of at least 4 members (excludes halogenated alkanes) is 9. The Kier molecular flexibility index (Phi) is 11.5. The van der Waals surface area contributed by atoms with Crippen molar-refractivity contribution in [2.24, 2.45) is 0 Å². The summed E-state index contributed by atoms with van der Waals surface area (Å²) in [6.07, 6.45) is 11.2. The minimum absolute atomic E-state index is 0.126. The van der Waals surface area contributed by atoms with Gasteiger partial charge in [0.25, 0.3) is 0 Å². The first-order valence-corrected chi connectivity index (χ1v) is 15.3. The predicted octanol–water partition coefficient (Wildman–Crippen LogP) is 5.01. The molecule has 4 rings (SSSR count). The summed E-state index contributed by atoms with van der Waals surface area (Å²) < 4.78 is 35.1. The number of carbonyl (C=O) groups is 1. The fraction of sp³-hybridized carbons (Fsp3) is 0.774. The SMILES string of the molecule is CCCCCCCCCCCCOC[C@@]12O[C@@H](CNC(=O)CCc3ccc4c(c3)OCO4)[C@@H](O)[C@@H]1OC(C)(C)O2. The molecule has 40 heavy (non-hydrogen) atoms. The molecule has 9 nitrogen and oxygen atoms in total. The monoisotopic (exact) mass is 563 g/mol. The molecule has 4 atom stereocenters. The number of aliphatic hydroxyl groups excluding tert-OH is 1. The van der Waals surface area contributed by atoms with Gasteiger partial charge in [-0.15, -0.1) is 0 Å². The van der Waals surface area contributed by atoms with Crippen LogP contribution in [0.25, 0.3) is 0 Å². The van der Waals surface area contributed by atoms with Gasteiger partial charge in [0.15, 0.2) is 17.3 Å². The molecule has 0 aromatic heterocycles. The normalized spacial score (nSPS) is 26.2. The summed E-state index contributed by atoms with van der Waals surface area (Å²) in [5, 5.41) is 13.9. The largest absolute Gasteiger partial charge is 0.454 e. The first-order chi connectivity index (χ1) is 19.3. The van der Waals surface area contributed by atoms with Gasteiger partial charge < -0.3 is 38.8 Å². The number of carbonyl (C=O) groups excluding carboxylic acids is 1. The molecular formula is C31H49NO8. The van der Waals surface area contributed by atoms with E-state index in [0.717, 1.165) is 24.2 Å². The van der Waals surface area contributed by atoms with E-state index in [1.165, 1.54) is 51.4 Å². The van der Waals surface area contributed by atoms with Gasteiger partial charge in [-0.25, -0.2) is 0 Å². The number of hydrogen-bond donors (Lipinski definition) is 2. The number of aryl methyl sites for hydroxylation is 1. The molecule has 0 spiro atoms. The molecular weight excluding hydrogens is 514 g/mol. The van der Waals surface area contributed by atoms with Gasteiger partial charge in [-0.05, 0) is 44.4 Å². The molecule has 2 N–H and O–H groups in total. The summed E-state index contributed by atoms with van der Waals surface area (Å²) in [6, 6.07) is 5.69. The molecule has 1 aromatic carbocycles. The molecule has 0 aliphatic carbocycles. The number of hydrogen-bond acceptors (Lipinski definition) is 8. The Labute approximate surface area is 239 Å². The Morgan fingerprint density at radius 1 is 1.00 bits per heavy atom. The summed E-state index contributed by atoms with van der Waals surface area (Å²) in [5.41, 5.74) is 0.994. The van der Waals surface area contributed by atoms with E-state index in [2.05, 4.69) is 12.2 Å². The number of amides is 1. The van der Waals surface area contributed by atoms with E-state index >= 15 is 0 Å². The topological polar surface area (TPSA) is 105 Å². The molecule has 3 heterocycles. The van der Waals surface area contributed by atoms with Gasteiger partial charge in [-0.2, -0.15) is 0 Å². The number of ether oxygens (including phenoxy) is 6. The van der Waals surface area contributed by atoms with E-state index in [1.54, 1.807) is 13.8 Å². The molecule has 3 aliphatic rings. The van der Waals surface area contributed by atoms with Crippen molar-refractivity contribution in [2.45, 2.75) is 128 Å². The van der Waals surface area contributed by atoms with Crippen LogP contribution in [0.15, 0.2) is 18.2 Å². The third-order valence-corrected chi connectivity index (χ3v) is 7.83. The Hall–Kier alpha value is -1.91. The summed E-state index contributed by atoms with van der Waals surface area (Å²) in [4.78, 5) is 12.5. The van der Waals surface area contributed by atoms with Crippen LogP contribution in [-0.4, -0.2) is 67.5 Å². The zero-order valence-electron chi connectivity index (χ0n) is 24.6. The maximum absolute atomic E-state index is 12.5. The second-order valence-electron chi connectivity index (χ2n) is 11.7. The highest BCUT2D eigenvalue weighted by atomic mass is 16.9. The van der Waals surface area contributed by atoms with E-state index in [9.17, 15) is 9.90 Å². The van der Waals surface area contributed by atoms with Gasteiger partial charge in [0.1, 0.15) is 24.9 Å². The Bertz CT molecular complexity index is 940. The molecule has 2 fully saturated rings. The standard InChI is InChI=1S/C31H49NO8/c1-4-5-6-7-8-9-10-11-12-13-18-35-21-31-29(39-30(2,3)40-31)28(34)26(38-31)20-32-27(33)17-15-23-14-16-24-25(19-23)37-22-36-24/h14,16,19,26,28-29,34H,4-13,15,17-18,20-22H2,1-3H3,(H,32,33)/t26-,28+,29-,31-/m0/s1. The average Bonchev–Trinajstić information content (AvgIpc) is 3.57. The van der Waals surface area contributed by atoms with Crippen molar-refractivity contribution in [2.75, 3.05) is 26.6 Å². The zero-order chi connectivity index (χ0) is 28.4. The lowest BCUT2D eigenvalue weighted by Gasteiger charge is -2.28. The van der Waals surface area contributed by atoms with Crippen LogP contribution in [0.5, 0.6) is 11.5 Å². The number of nitrogens with one attached hydrogen (secondary N) is 1. The predicted molar refractivity (Wildman–Crippen MR) is 150 cm³/mol. The minimum Gasteiger partial charge on any atom is -0.454 e. The van der Waals surface area contributed by atoms with Crippen molar-refractivity contribution < 1.29 is 38.3 Å². The van der Waals surface area contributed by atoms with Gasteiger partial charge in [-0.1, -0.05) is 70.8 Å². The Balaban J connectivity index is 1.15. The number of rotatable bonds is 18. The van der Waals surface area contributed by atoms with Crippen molar-refractivity contribution >= 4 is 5.91 Å². The first kappa shape index (κ1) is 31.0. The van der Waals surface area contributed by atoms with Gasteiger partial charge >= 0.3 is 0 Å². The van der Waals surface area contributed by atoms with Crippen LogP contribution in [0.2, 0.25) is 0 Å². The number of benzene rings is 1. The fourth-order valence-corrected chi connectivity index (χ4v) is 5.71. The quantitative estimate of drug-likeness (QED) is 0.240. The van der Waals surface area contributed by atoms with Crippen molar-refractivity contribution in [1.82, 2.24) is 5.32 Å². The lowest BCUT2D eigenvalue weighted by molar-refractivity contribution is -0.277. The summed E-state index contributed by atoms with van der Waals surface area (Å²) >= 11 is 0. The molecule has 1 amide bonds. The second-order valence-corrected chi connectivity index (χ2v) is 11.7. The van der Waals surface area contributed by atoms with Crippen LogP contribution in [0.4, 0.5) is 0 Å². The highest BCUT2D eigenvalue weighted by molar-refractivity contribution is 5.76. The van der Waals surface area contributed by atoms with E-state index in [0.29, 0.717) is 25.2 Å². The number of fused-ring (bicyclic) bond motifs is 2. The lowest BCUT2D eigenvalue weighted by Crippen LogP contribution is -2.45. The van der Waals surface area contributed by atoms with E-state index in [1.807, 2.05) is 18.2 Å². The molecule has 3 aliphatic heterocycles. The van der Waals surface area contributed by atoms with Crippen LogP contribution in [0, 0.1) is 0 Å². The van der Waals surface area contributed by atoms with Crippen LogP contribution in [-0.2, 0) is 30.2 Å². The van der Waals surface area contributed by atoms with Crippen LogP contribution < -0.4 is 14.8 Å². The average molecular weight is 564 g/mol. The zero-order valence-corrected chi connectivity index (χ0v) is 24.6. The van der Waals surface area contributed by atoms with Gasteiger partial charge in [0.05, 0.1) is 0 Å². The maximum Gasteiger partial charge on any atom is 0.231 e. The Morgan fingerprint density at radius 2 is 1.70 bits per heavy atom.